The number of fused-ring (bicyclic) bond motifs is 4. The number of carbonyl (C=O) groups is 4. The maximum atomic E-state index is 12.6. The van der Waals surface area contributed by atoms with Crippen molar-refractivity contribution in [3.63, 3.8) is 0 Å². The first kappa shape index (κ1) is 85.7. The highest BCUT2D eigenvalue weighted by Crippen LogP contribution is 2.40. The Bertz CT molecular complexity index is 6890. The molecule has 1 aliphatic carbocycles. The van der Waals surface area contributed by atoms with Crippen molar-refractivity contribution in [2.45, 2.75) is 49.4 Å². The first-order chi connectivity index (χ1) is 61.1. The molecule has 14 aromatic heterocycles. The Morgan fingerprint density at radius 1 is 0.457 bits per heavy atom. The molecule has 0 unspecified atom stereocenters. The molecule has 4 amide bonds. The van der Waals surface area contributed by atoms with E-state index in [1.54, 1.807) is 168 Å². The number of imidazole rings is 4. The van der Waals surface area contributed by atoms with E-state index in [0.29, 0.717) is 79.7 Å². The van der Waals surface area contributed by atoms with E-state index in [1.807, 2.05) is 139 Å². The van der Waals surface area contributed by atoms with Gasteiger partial charge in [0.15, 0.2) is 0 Å². The van der Waals surface area contributed by atoms with E-state index in [-0.39, 0.29) is 23.6 Å². The molecule has 0 saturated heterocycles. The first-order valence-corrected chi connectivity index (χ1v) is 42.7. The Morgan fingerprint density at radius 2 is 0.850 bits per heavy atom. The summed E-state index contributed by atoms with van der Waals surface area (Å²) in [5, 5.41) is 23.9. The number of rotatable bonds is 22. The van der Waals surface area contributed by atoms with Crippen LogP contribution in [0.25, 0.3) is 100 Å². The van der Waals surface area contributed by atoms with Gasteiger partial charge >= 0.3 is 0 Å². The Morgan fingerprint density at radius 3 is 1.24 bits per heavy atom. The topological polar surface area (TPSA) is 385 Å². The fourth-order valence-electron chi connectivity index (χ4n) is 13.7. The van der Waals surface area contributed by atoms with Crippen LogP contribution in [0.2, 0.25) is 10.0 Å². The van der Waals surface area contributed by atoms with Gasteiger partial charge in [0.1, 0.15) is 45.6 Å². The molecule has 38 heteroatoms. The van der Waals surface area contributed by atoms with E-state index < -0.39 is 0 Å². The van der Waals surface area contributed by atoms with Crippen molar-refractivity contribution in [1.82, 2.24) is 127 Å². The van der Waals surface area contributed by atoms with Gasteiger partial charge in [0.05, 0.1) is 86.4 Å². The molecule has 0 bridgehead atoms. The van der Waals surface area contributed by atoms with Crippen molar-refractivity contribution in [2.24, 2.45) is 21.1 Å². The molecule has 4 aromatic carbocycles. The SMILES string of the molecule is CC(C)n1cnc(-c2ccnc(Nc3cc(Cl)c4[nH]c(C(=O)N(C)C)cc4c3)n2)c1.CN(C)C(=O)c1cc2cc(Nc3nccc(-c4cn(C)cn4)n3)cc(-c3cnn(C)c3)c2[nH]1.CN(C)C(=O)c1cc2cc(Nc3nccc(-c4cn(C)cn4)n3)cc(SCc3cccs3)c2[nH]1.CN(C)C(=O)c1cc2cc(Nc3nccc(-c4cn(C5CC5)cn4)n3)cc(Cl)c2[nH]1. The van der Waals surface area contributed by atoms with Gasteiger partial charge in [0.2, 0.25) is 23.8 Å². The van der Waals surface area contributed by atoms with Crippen LogP contribution in [0.15, 0.2) is 207 Å². The molecule has 644 valence electrons. The zero-order valence-corrected chi connectivity index (χ0v) is 74.5. The summed E-state index contributed by atoms with van der Waals surface area (Å²) in [5.74, 6) is 2.28. The molecular weight excluding hydrogens is 1690 g/mol. The number of nitrogens with one attached hydrogen (secondary N) is 8. The quantitative estimate of drug-likeness (QED) is 0.0292. The molecular formula is C89H88Cl2N30O4S2. The highest BCUT2D eigenvalue weighted by molar-refractivity contribution is 7.98. The lowest BCUT2D eigenvalue weighted by Gasteiger charge is -2.10. The Kier molecular flexibility index (Phi) is 24.9. The van der Waals surface area contributed by atoms with Crippen LogP contribution in [-0.2, 0) is 26.9 Å². The van der Waals surface area contributed by atoms with Crippen LogP contribution in [0, 0.1) is 0 Å². The number of amides is 4. The predicted molar refractivity (Wildman–Crippen MR) is 498 cm³/mol. The first-order valence-electron chi connectivity index (χ1n) is 40.1. The van der Waals surface area contributed by atoms with Gasteiger partial charge in [-0.15, -0.1) is 23.1 Å². The van der Waals surface area contributed by atoms with E-state index >= 15 is 0 Å². The number of aryl methyl sites for hydroxylation is 3. The van der Waals surface area contributed by atoms with Crippen LogP contribution in [0.5, 0.6) is 0 Å². The van der Waals surface area contributed by atoms with Gasteiger partial charge in [0, 0.05) is 216 Å². The molecule has 127 heavy (non-hydrogen) atoms. The second-order valence-electron chi connectivity index (χ2n) is 31.2. The molecule has 1 fully saturated rings. The fourth-order valence-corrected chi connectivity index (χ4v) is 16.1. The number of hydrogen-bond acceptors (Lipinski definition) is 23. The molecule has 8 N–H and O–H groups in total. The zero-order valence-electron chi connectivity index (χ0n) is 71.4. The maximum absolute atomic E-state index is 12.6. The van der Waals surface area contributed by atoms with Crippen LogP contribution < -0.4 is 21.3 Å². The number of anilines is 8. The van der Waals surface area contributed by atoms with Crippen LogP contribution in [0.3, 0.4) is 0 Å². The summed E-state index contributed by atoms with van der Waals surface area (Å²) >= 11 is 16.3. The van der Waals surface area contributed by atoms with Gasteiger partial charge in [0.25, 0.3) is 23.6 Å². The molecule has 0 radical (unpaired) electrons. The summed E-state index contributed by atoms with van der Waals surface area (Å²) in [5.41, 5.74) is 16.3. The van der Waals surface area contributed by atoms with Crippen molar-refractivity contribution < 1.29 is 19.2 Å². The molecule has 34 nitrogen and oxygen atoms in total. The lowest BCUT2D eigenvalue weighted by Crippen LogP contribution is -2.21. The summed E-state index contributed by atoms with van der Waals surface area (Å²) in [6.45, 7) is 4.19. The standard InChI is InChI=1S/C24H23N7OS2.C23H23N9O.C21H20ClN7O.C21H22ClN7O/c1-30(2)23(32)19-10-15-9-16(11-21(22(15)28-19)34-13-17-5-4-8-33-17)27-24-25-7-6-18(29-24)20-12-31(3)14-26-20;1-30(2)22(33)19-8-14-7-16(9-17(21(14)28-19)15-10-26-32(4)11-15)27-23-24-6-5-18(29-23)20-12-31(3)13-25-20;1-28(2)20(30)17-8-12-7-13(9-15(22)19(12)26-17)25-21-23-6-5-16(27-21)18-10-29(11-24-18)14-3-4-14;1-12(2)29-10-18(24-11-29)16-5-6-23-21(27-16)25-14-7-13-8-17(20(30)28(3)4)26-19(13)15(22)9-14/h4-12,14,28H,13H2,1-3H3,(H,25,27,29);5-13,28H,1-4H3,(H,24,27,29);5-11,14,26H,3-4H2,1-2H3,(H,23,25,27);5-12,26H,1-4H3,(H,23,25,27). The number of thiophene rings is 1. The van der Waals surface area contributed by atoms with Crippen molar-refractivity contribution in [1.29, 1.82) is 0 Å². The Labute approximate surface area is 746 Å². The highest BCUT2D eigenvalue weighted by Gasteiger charge is 2.26. The fraction of sp³-hybridized carbons (Fsp3) is 0.202. The average Bonchev–Trinajstić information content (AvgIpc) is 1.63. The third-order valence-electron chi connectivity index (χ3n) is 20.2. The summed E-state index contributed by atoms with van der Waals surface area (Å²) in [6.07, 6.45) is 27.9. The normalized spacial score (nSPS) is 11.7. The largest absolute Gasteiger partial charge is 0.350 e. The van der Waals surface area contributed by atoms with Crippen LogP contribution in [-0.4, -0.2) is 207 Å². The predicted octanol–water partition coefficient (Wildman–Crippen LogP) is 17.1. The molecule has 18 aromatic rings. The summed E-state index contributed by atoms with van der Waals surface area (Å²) in [7, 11) is 19.5. The second kappa shape index (κ2) is 36.9. The number of nitrogens with zero attached hydrogens (tertiary/aromatic N) is 22. The zero-order chi connectivity index (χ0) is 89.0. The van der Waals surface area contributed by atoms with Gasteiger partial charge < -0.3 is 79.1 Å². The smallest absolute Gasteiger partial charge is 0.269 e. The lowest BCUT2D eigenvalue weighted by molar-refractivity contribution is 0.0816. The highest BCUT2D eigenvalue weighted by atomic mass is 35.5. The minimum Gasteiger partial charge on any atom is -0.350 e. The molecule has 0 aliphatic heterocycles. The summed E-state index contributed by atoms with van der Waals surface area (Å²) in [4.78, 5) is 124. The van der Waals surface area contributed by atoms with Gasteiger partial charge in [-0.3, -0.25) is 23.9 Å². The summed E-state index contributed by atoms with van der Waals surface area (Å²) < 4.78 is 9.66. The molecule has 0 atom stereocenters. The van der Waals surface area contributed by atoms with Crippen molar-refractivity contribution in [2.75, 3.05) is 77.6 Å². The van der Waals surface area contributed by atoms with E-state index in [4.69, 9.17) is 23.2 Å². The van der Waals surface area contributed by atoms with E-state index in [2.05, 4.69) is 148 Å². The van der Waals surface area contributed by atoms with Crippen LogP contribution in [0.1, 0.15) is 85.6 Å². The van der Waals surface area contributed by atoms with Crippen molar-refractivity contribution in [3.8, 4) is 56.7 Å². The van der Waals surface area contributed by atoms with Crippen LogP contribution in [0.4, 0.5) is 46.5 Å². The lowest BCUT2D eigenvalue weighted by atomic mass is 10.1. The third-order valence-corrected chi connectivity index (χ3v) is 22.9. The third kappa shape index (κ3) is 20.0. The maximum Gasteiger partial charge on any atom is 0.269 e. The molecule has 1 saturated carbocycles. The van der Waals surface area contributed by atoms with Crippen molar-refractivity contribution in [3.05, 3.63) is 240 Å². The van der Waals surface area contributed by atoms with E-state index in [9.17, 15) is 19.2 Å². The number of hydrogen-bond donors (Lipinski definition) is 8. The van der Waals surface area contributed by atoms with Gasteiger partial charge in [-0.1, -0.05) is 29.3 Å². The van der Waals surface area contributed by atoms with Crippen molar-refractivity contribution >= 4 is 160 Å². The number of H-pyrrole nitrogens is 4. The minimum atomic E-state index is -0.117. The Hall–Kier alpha value is -14.9. The number of aromatic amines is 4. The number of aromatic nitrogens is 22. The van der Waals surface area contributed by atoms with E-state index in [1.165, 1.54) is 27.5 Å². The summed E-state index contributed by atoms with van der Waals surface area (Å²) in [6, 6.07) is 35.1. The number of benzene rings is 4. The molecule has 0 spiro atoms. The van der Waals surface area contributed by atoms with Gasteiger partial charge in [-0.25, -0.2) is 59.8 Å². The number of halogens is 2. The Balaban J connectivity index is 0.000000125. The minimum absolute atomic E-state index is 0.0636. The van der Waals surface area contributed by atoms with E-state index in [0.717, 1.165) is 123 Å². The number of thioether (sulfide) groups is 1. The van der Waals surface area contributed by atoms with Gasteiger partial charge in [-0.05, 0) is 135 Å². The number of carbonyl (C=O) groups excluding carboxylic acids is 4. The molecule has 19 rings (SSSR count). The average molecular weight is 1780 g/mol. The molecule has 14 heterocycles. The monoisotopic (exact) mass is 1770 g/mol. The second-order valence-corrected chi connectivity index (χ2v) is 34.1. The molecule has 1 aliphatic rings. The van der Waals surface area contributed by atoms with Crippen LogP contribution >= 0.6 is 46.3 Å². The van der Waals surface area contributed by atoms with Gasteiger partial charge in [-0.2, -0.15) is 5.10 Å².